The molecule has 2 aliphatic heterocycles. The lowest BCUT2D eigenvalue weighted by molar-refractivity contribution is -0.217. The SMILES string of the molecule is CCCCCCCOc1cncc(N2CCCNCC23OC(=O)C=CC(=O)O3)c1. The van der Waals surface area contributed by atoms with Gasteiger partial charge in [0, 0.05) is 24.8 Å². The predicted molar refractivity (Wildman–Crippen MR) is 107 cm³/mol. The molecule has 0 bridgehead atoms. The van der Waals surface area contributed by atoms with Crippen molar-refractivity contribution in [3.8, 4) is 5.75 Å². The number of hydrogen-bond acceptors (Lipinski definition) is 8. The summed E-state index contributed by atoms with van der Waals surface area (Å²) in [7, 11) is 0. The molecule has 0 aromatic carbocycles. The van der Waals surface area contributed by atoms with Crippen LogP contribution < -0.4 is 15.0 Å². The summed E-state index contributed by atoms with van der Waals surface area (Å²) >= 11 is 0. The van der Waals surface area contributed by atoms with Crippen LogP contribution in [0.5, 0.6) is 5.75 Å². The summed E-state index contributed by atoms with van der Waals surface area (Å²) in [6.07, 6.45) is 12.1. The maximum atomic E-state index is 12.1. The first kappa shape index (κ1) is 21.1. The molecule has 1 spiro atoms. The Kier molecular flexibility index (Phi) is 7.46. The van der Waals surface area contributed by atoms with Crippen LogP contribution in [0.2, 0.25) is 0 Å². The number of pyridine rings is 1. The number of hydrogen-bond donors (Lipinski definition) is 1. The zero-order chi connectivity index (χ0) is 20.5. The molecule has 8 nitrogen and oxygen atoms in total. The van der Waals surface area contributed by atoms with Crippen molar-refractivity contribution >= 4 is 17.6 Å². The quantitative estimate of drug-likeness (QED) is 0.523. The van der Waals surface area contributed by atoms with Crippen LogP contribution in [-0.2, 0) is 19.1 Å². The van der Waals surface area contributed by atoms with E-state index in [4.69, 9.17) is 14.2 Å². The van der Waals surface area contributed by atoms with Gasteiger partial charge in [0.15, 0.2) is 0 Å². The Morgan fingerprint density at radius 1 is 1.14 bits per heavy atom. The summed E-state index contributed by atoms with van der Waals surface area (Å²) in [5.41, 5.74) is 0.666. The molecular formula is C21H29N3O5. The van der Waals surface area contributed by atoms with Crippen molar-refractivity contribution in [1.82, 2.24) is 10.3 Å². The van der Waals surface area contributed by atoms with Gasteiger partial charge in [-0.15, -0.1) is 0 Å². The second-order valence-electron chi connectivity index (χ2n) is 7.21. The van der Waals surface area contributed by atoms with Crippen LogP contribution in [0.3, 0.4) is 0 Å². The number of nitrogens with one attached hydrogen (secondary N) is 1. The molecule has 0 saturated carbocycles. The molecule has 29 heavy (non-hydrogen) atoms. The van der Waals surface area contributed by atoms with E-state index in [9.17, 15) is 9.59 Å². The summed E-state index contributed by atoms with van der Waals surface area (Å²) in [5, 5.41) is 3.17. The highest BCUT2D eigenvalue weighted by Crippen LogP contribution is 2.31. The van der Waals surface area contributed by atoms with Gasteiger partial charge in [-0.25, -0.2) is 9.59 Å². The lowest BCUT2D eigenvalue weighted by atomic mass is 10.2. The van der Waals surface area contributed by atoms with E-state index in [0.29, 0.717) is 31.1 Å². The Hall–Kier alpha value is -2.61. The third-order valence-electron chi connectivity index (χ3n) is 4.90. The van der Waals surface area contributed by atoms with Crippen LogP contribution in [0.1, 0.15) is 45.4 Å². The summed E-state index contributed by atoms with van der Waals surface area (Å²) in [4.78, 5) is 30.2. The minimum atomic E-state index is -1.56. The van der Waals surface area contributed by atoms with Crippen LogP contribution in [-0.4, -0.2) is 49.1 Å². The monoisotopic (exact) mass is 403 g/mol. The molecular weight excluding hydrogens is 374 g/mol. The molecule has 0 amide bonds. The van der Waals surface area contributed by atoms with Crippen molar-refractivity contribution in [2.75, 3.05) is 31.1 Å². The summed E-state index contributed by atoms with van der Waals surface area (Å²) < 4.78 is 17.0. The Morgan fingerprint density at radius 2 is 1.90 bits per heavy atom. The van der Waals surface area contributed by atoms with Crippen LogP contribution >= 0.6 is 0 Å². The summed E-state index contributed by atoms with van der Waals surface area (Å²) in [6, 6.07) is 1.84. The third-order valence-corrected chi connectivity index (χ3v) is 4.90. The first-order valence-electron chi connectivity index (χ1n) is 10.3. The van der Waals surface area contributed by atoms with Gasteiger partial charge in [-0.1, -0.05) is 32.6 Å². The zero-order valence-corrected chi connectivity index (χ0v) is 16.9. The molecule has 0 radical (unpaired) electrons. The molecule has 0 aliphatic carbocycles. The highest BCUT2D eigenvalue weighted by molar-refractivity contribution is 5.93. The molecule has 3 rings (SSSR count). The van der Waals surface area contributed by atoms with Crippen molar-refractivity contribution in [3.05, 3.63) is 30.6 Å². The summed E-state index contributed by atoms with van der Waals surface area (Å²) in [5.74, 6) is -2.18. The molecule has 158 valence electrons. The van der Waals surface area contributed by atoms with Crippen LogP contribution in [0.25, 0.3) is 0 Å². The van der Waals surface area contributed by atoms with Gasteiger partial charge >= 0.3 is 17.8 Å². The highest BCUT2D eigenvalue weighted by Gasteiger charge is 2.47. The van der Waals surface area contributed by atoms with Gasteiger partial charge in [0.1, 0.15) is 5.75 Å². The van der Waals surface area contributed by atoms with Crippen molar-refractivity contribution in [2.45, 2.75) is 51.4 Å². The first-order valence-corrected chi connectivity index (χ1v) is 10.3. The number of nitrogens with zero attached hydrogens (tertiary/aromatic N) is 2. The standard InChI is InChI=1S/C21H29N3O5/c1-2-3-4-5-6-12-27-18-13-17(14-23-15-18)24-11-7-10-22-16-21(24)28-19(25)8-9-20(26)29-21/h8-9,13-15,22H,2-7,10-12,16H2,1H3. The number of carbonyl (C=O) groups is 2. The van der Waals surface area contributed by atoms with Gasteiger partial charge in [-0.2, -0.15) is 0 Å². The van der Waals surface area contributed by atoms with E-state index in [1.807, 2.05) is 6.07 Å². The molecule has 3 heterocycles. The molecule has 8 heteroatoms. The average molecular weight is 403 g/mol. The minimum Gasteiger partial charge on any atom is -0.492 e. The number of ether oxygens (including phenoxy) is 3. The van der Waals surface area contributed by atoms with Gasteiger partial charge in [0.25, 0.3) is 0 Å². The minimum absolute atomic E-state index is 0.161. The fourth-order valence-electron chi connectivity index (χ4n) is 3.45. The lowest BCUT2D eigenvalue weighted by Gasteiger charge is -2.40. The van der Waals surface area contributed by atoms with Gasteiger partial charge in [-0.3, -0.25) is 9.88 Å². The van der Waals surface area contributed by atoms with E-state index in [1.54, 1.807) is 17.3 Å². The first-order chi connectivity index (χ1) is 14.1. The van der Waals surface area contributed by atoms with E-state index in [0.717, 1.165) is 31.4 Å². The average Bonchev–Trinajstić information content (AvgIpc) is 3.00. The Morgan fingerprint density at radius 3 is 2.66 bits per heavy atom. The molecule has 1 fully saturated rings. The number of aromatic nitrogens is 1. The topological polar surface area (TPSA) is 90.0 Å². The van der Waals surface area contributed by atoms with Crippen LogP contribution in [0, 0.1) is 0 Å². The maximum absolute atomic E-state index is 12.1. The number of unbranched alkanes of at least 4 members (excludes halogenated alkanes) is 4. The van der Waals surface area contributed by atoms with E-state index >= 15 is 0 Å². The Labute approximate surface area is 171 Å². The normalized spacial score (nSPS) is 18.7. The molecule has 2 aliphatic rings. The third kappa shape index (κ3) is 5.69. The van der Waals surface area contributed by atoms with E-state index < -0.39 is 17.8 Å². The molecule has 1 aromatic heterocycles. The van der Waals surface area contributed by atoms with Crippen molar-refractivity contribution in [1.29, 1.82) is 0 Å². The van der Waals surface area contributed by atoms with Crippen molar-refractivity contribution in [2.24, 2.45) is 0 Å². The van der Waals surface area contributed by atoms with Crippen molar-refractivity contribution < 1.29 is 23.8 Å². The second kappa shape index (κ2) is 10.2. The molecule has 0 atom stereocenters. The number of rotatable bonds is 8. The van der Waals surface area contributed by atoms with Crippen molar-refractivity contribution in [3.63, 3.8) is 0 Å². The van der Waals surface area contributed by atoms with E-state index in [1.165, 1.54) is 19.3 Å². The lowest BCUT2D eigenvalue weighted by Crippen LogP contribution is -2.58. The largest absolute Gasteiger partial charge is 0.492 e. The van der Waals surface area contributed by atoms with Gasteiger partial charge in [0.2, 0.25) is 0 Å². The molecule has 1 aromatic rings. The maximum Gasteiger partial charge on any atom is 0.356 e. The van der Waals surface area contributed by atoms with Crippen LogP contribution in [0.15, 0.2) is 30.6 Å². The number of anilines is 1. The van der Waals surface area contributed by atoms with Crippen LogP contribution in [0.4, 0.5) is 5.69 Å². The number of carbonyl (C=O) groups excluding carboxylic acids is 2. The summed E-state index contributed by atoms with van der Waals surface area (Å²) in [6.45, 7) is 4.21. The smallest absolute Gasteiger partial charge is 0.356 e. The Bertz CT molecular complexity index is 717. The van der Waals surface area contributed by atoms with E-state index in [2.05, 4.69) is 17.2 Å². The van der Waals surface area contributed by atoms with E-state index in [-0.39, 0.29) is 6.54 Å². The fraction of sp³-hybridized carbons (Fsp3) is 0.571. The molecule has 1 N–H and O–H groups in total. The number of esters is 2. The second-order valence-corrected chi connectivity index (χ2v) is 7.21. The molecule has 0 unspecified atom stereocenters. The highest BCUT2D eigenvalue weighted by atomic mass is 16.8. The zero-order valence-electron chi connectivity index (χ0n) is 16.9. The fourth-order valence-corrected chi connectivity index (χ4v) is 3.45. The Balaban J connectivity index is 1.74. The van der Waals surface area contributed by atoms with Gasteiger partial charge < -0.3 is 19.5 Å². The van der Waals surface area contributed by atoms with Gasteiger partial charge in [0.05, 0.1) is 31.2 Å². The predicted octanol–water partition coefficient (Wildman–Crippen LogP) is 2.54. The molecule has 1 saturated heterocycles. The van der Waals surface area contributed by atoms with Gasteiger partial charge in [-0.05, 0) is 19.4 Å².